The van der Waals surface area contributed by atoms with Crippen LogP contribution in [-0.2, 0) is 9.47 Å². The van der Waals surface area contributed by atoms with Gasteiger partial charge in [-0.2, -0.15) is 0 Å². The maximum atomic E-state index is 10.1. The molecule has 0 saturated carbocycles. The van der Waals surface area contributed by atoms with Gasteiger partial charge in [-0.15, -0.1) is 0 Å². The zero-order valence-electron chi connectivity index (χ0n) is 9.90. The number of rotatable bonds is 5. The van der Waals surface area contributed by atoms with Gasteiger partial charge in [-0.1, -0.05) is 13.8 Å². The maximum absolute atomic E-state index is 10.1. The van der Waals surface area contributed by atoms with E-state index in [9.17, 15) is 5.11 Å². The maximum Gasteiger partial charge on any atom is 0.137 e. The summed E-state index contributed by atoms with van der Waals surface area (Å²) in [4.78, 5) is 0. The van der Waals surface area contributed by atoms with Gasteiger partial charge < -0.3 is 14.6 Å². The van der Waals surface area contributed by atoms with E-state index in [0.717, 1.165) is 12.8 Å². The van der Waals surface area contributed by atoms with Gasteiger partial charge in [0.2, 0.25) is 0 Å². The first-order chi connectivity index (χ1) is 7.16. The highest BCUT2D eigenvalue weighted by Gasteiger charge is 2.28. The molecule has 0 amide bonds. The van der Waals surface area contributed by atoms with E-state index in [1.807, 2.05) is 26.8 Å². The fourth-order valence-electron chi connectivity index (χ4n) is 1.79. The molecule has 1 heterocycles. The van der Waals surface area contributed by atoms with E-state index >= 15 is 0 Å². The lowest BCUT2D eigenvalue weighted by Crippen LogP contribution is -2.36. The lowest BCUT2D eigenvalue weighted by atomic mass is 9.99. The molecule has 2 atom stereocenters. The van der Waals surface area contributed by atoms with Crippen LogP contribution in [0, 0.1) is 5.92 Å². The number of ether oxygens (including phenoxy) is 2. The molecule has 0 fully saturated rings. The molecular formula is C12H22O3. The summed E-state index contributed by atoms with van der Waals surface area (Å²) >= 11 is 0. The van der Waals surface area contributed by atoms with Crippen LogP contribution in [-0.4, -0.2) is 30.5 Å². The first-order valence-electron chi connectivity index (χ1n) is 5.79. The van der Waals surface area contributed by atoms with E-state index in [-0.39, 0.29) is 12.0 Å². The highest BCUT2D eigenvalue weighted by atomic mass is 16.5. The van der Waals surface area contributed by atoms with Crippen molar-refractivity contribution in [3.63, 3.8) is 0 Å². The summed E-state index contributed by atoms with van der Waals surface area (Å²) < 4.78 is 11.0. The Morgan fingerprint density at radius 2 is 2.27 bits per heavy atom. The summed E-state index contributed by atoms with van der Waals surface area (Å²) in [6.45, 7) is 7.37. The van der Waals surface area contributed by atoms with Crippen molar-refractivity contribution in [3.8, 4) is 0 Å². The first-order valence-corrected chi connectivity index (χ1v) is 5.79. The Hall–Kier alpha value is -0.540. The van der Waals surface area contributed by atoms with Gasteiger partial charge in [-0.05, 0) is 31.8 Å². The van der Waals surface area contributed by atoms with Crippen LogP contribution in [0.2, 0.25) is 0 Å². The second-order valence-electron chi connectivity index (χ2n) is 4.21. The van der Waals surface area contributed by atoms with E-state index in [0.29, 0.717) is 19.0 Å². The van der Waals surface area contributed by atoms with Crippen molar-refractivity contribution in [2.75, 3.05) is 13.2 Å². The fourth-order valence-corrected chi connectivity index (χ4v) is 1.79. The van der Waals surface area contributed by atoms with Gasteiger partial charge in [0, 0.05) is 6.61 Å². The third-order valence-electron chi connectivity index (χ3n) is 2.58. The Bertz CT molecular complexity index is 211. The first kappa shape index (κ1) is 12.5. The summed E-state index contributed by atoms with van der Waals surface area (Å²) in [5.74, 6) is 0.972. The third-order valence-corrected chi connectivity index (χ3v) is 2.58. The van der Waals surface area contributed by atoms with Gasteiger partial charge >= 0.3 is 0 Å². The van der Waals surface area contributed by atoms with Crippen LogP contribution in [0.4, 0.5) is 0 Å². The molecule has 2 unspecified atom stereocenters. The minimum atomic E-state index is -0.620. The predicted molar refractivity (Wildman–Crippen MR) is 59.5 cm³/mol. The van der Waals surface area contributed by atoms with Gasteiger partial charge in [0.1, 0.15) is 11.9 Å². The van der Waals surface area contributed by atoms with Crippen molar-refractivity contribution >= 4 is 0 Å². The van der Waals surface area contributed by atoms with E-state index in [1.54, 1.807) is 0 Å². The molecule has 0 aromatic carbocycles. The van der Waals surface area contributed by atoms with Gasteiger partial charge in [-0.3, -0.25) is 0 Å². The summed E-state index contributed by atoms with van der Waals surface area (Å²) in [7, 11) is 0. The number of aliphatic hydroxyl groups excluding tert-OH is 1. The third kappa shape index (κ3) is 3.50. The zero-order chi connectivity index (χ0) is 11.3. The van der Waals surface area contributed by atoms with E-state index in [2.05, 4.69) is 0 Å². The molecule has 0 aliphatic carbocycles. The van der Waals surface area contributed by atoms with Crippen molar-refractivity contribution in [2.45, 2.75) is 45.8 Å². The number of allylic oxidation sites excluding steroid dienone is 1. The molecule has 1 N–H and O–H groups in total. The smallest absolute Gasteiger partial charge is 0.137 e. The van der Waals surface area contributed by atoms with Crippen LogP contribution in [0.3, 0.4) is 0 Å². The van der Waals surface area contributed by atoms with Crippen LogP contribution >= 0.6 is 0 Å². The standard InChI is InChI=1S/C12H22O3/c1-4-14-12(9(2)3)11(13)10-7-5-6-8-15-10/h7,9,11-13H,4-6,8H2,1-3H3. The molecule has 3 nitrogen and oxygen atoms in total. The Balaban J connectivity index is 2.61. The van der Waals surface area contributed by atoms with E-state index in [4.69, 9.17) is 9.47 Å². The van der Waals surface area contributed by atoms with Crippen LogP contribution in [0.1, 0.15) is 33.6 Å². The quantitative estimate of drug-likeness (QED) is 0.761. The molecule has 1 rings (SSSR count). The molecule has 0 spiro atoms. The SMILES string of the molecule is CCOC(C(C)C)C(O)C1=CCCCO1. The second-order valence-corrected chi connectivity index (χ2v) is 4.21. The van der Waals surface area contributed by atoms with Crippen LogP contribution < -0.4 is 0 Å². The lowest BCUT2D eigenvalue weighted by Gasteiger charge is -2.29. The van der Waals surface area contributed by atoms with Crippen LogP contribution in [0.25, 0.3) is 0 Å². The average Bonchev–Trinajstić information content (AvgIpc) is 2.26. The Morgan fingerprint density at radius 3 is 2.73 bits per heavy atom. The molecule has 88 valence electrons. The highest BCUT2D eigenvalue weighted by molar-refractivity contribution is 5.05. The Morgan fingerprint density at radius 1 is 1.53 bits per heavy atom. The number of hydrogen-bond acceptors (Lipinski definition) is 3. The molecule has 0 saturated heterocycles. The predicted octanol–water partition coefficient (Wildman–Crippen LogP) is 2.10. The van der Waals surface area contributed by atoms with Gasteiger partial charge in [-0.25, -0.2) is 0 Å². The molecule has 0 bridgehead atoms. The topological polar surface area (TPSA) is 38.7 Å². The summed E-state index contributed by atoms with van der Waals surface area (Å²) in [5.41, 5.74) is 0. The van der Waals surface area contributed by atoms with E-state index < -0.39 is 6.10 Å². The number of hydrogen-bond donors (Lipinski definition) is 1. The molecule has 15 heavy (non-hydrogen) atoms. The largest absolute Gasteiger partial charge is 0.495 e. The minimum absolute atomic E-state index is 0.167. The normalized spacial score (nSPS) is 20.7. The van der Waals surface area contributed by atoms with Crippen molar-refractivity contribution in [1.82, 2.24) is 0 Å². The lowest BCUT2D eigenvalue weighted by molar-refractivity contribution is -0.0635. The van der Waals surface area contributed by atoms with Crippen LogP contribution in [0.5, 0.6) is 0 Å². The van der Waals surface area contributed by atoms with Crippen molar-refractivity contribution in [1.29, 1.82) is 0 Å². The van der Waals surface area contributed by atoms with Crippen molar-refractivity contribution < 1.29 is 14.6 Å². The molecule has 1 aliphatic rings. The minimum Gasteiger partial charge on any atom is -0.495 e. The summed E-state index contributed by atoms with van der Waals surface area (Å²) in [6, 6.07) is 0. The molecule has 1 aliphatic heterocycles. The molecular weight excluding hydrogens is 192 g/mol. The Kier molecular flexibility index (Phi) is 5.12. The van der Waals surface area contributed by atoms with E-state index in [1.165, 1.54) is 0 Å². The average molecular weight is 214 g/mol. The Labute approximate surface area is 92.1 Å². The zero-order valence-corrected chi connectivity index (χ0v) is 9.90. The summed E-state index contributed by atoms with van der Waals surface area (Å²) in [6.07, 6.45) is 3.22. The molecule has 0 aromatic heterocycles. The highest BCUT2D eigenvalue weighted by Crippen LogP contribution is 2.21. The van der Waals surface area contributed by atoms with Gasteiger partial charge in [0.15, 0.2) is 0 Å². The molecule has 3 heteroatoms. The second kappa shape index (κ2) is 6.13. The molecule has 0 radical (unpaired) electrons. The van der Waals surface area contributed by atoms with Crippen molar-refractivity contribution in [2.24, 2.45) is 5.92 Å². The van der Waals surface area contributed by atoms with Gasteiger partial charge in [0.05, 0.1) is 12.7 Å². The van der Waals surface area contributed by atoms with Crippen molar-refractivity contribution in [3.05, 3.63) is 11.8 Å². The van der Waals surface area contributed by atoms with Crippen LogP contribution in [0.15, 0.2) is 11.8 Å². The molecule has 0 aromatic rings. The monoisotopic (exact) mass is 214 g/mol. The number of aliphatic hydroxyl groups is 1. The summed E-state index contributed by atoms with van der Waals surface area (Å²) in [5, 5.41) is 10.1. The fraction of sp³-hybridized carbons (Fsp3) is 0.833. The van der Waals surface area contributed by atoms with Gasteiger partial charge in [0.25, 0.3) is 0 Å².